The van der Waals surface area contributed by atoms with Crippen molar-refractivity contribution in [2.24, 2.45) is 5.92 Å². The first kappa shape index (κ1) is 22.2. The Morgan fingerprint density at radius 3 is 2.24 bits per heavy atom. The number of hydrogen-bond donors (Lipinski definition) is 0. The largest absolute Gasteiger partial charge is 0.373 e. The molecule has 3 aromatic carbocycles. The second-order valence-electron chi connectivity index (χ2n) is 9.48. The van der Waals surface area contributed by atoms with Gasteiger partial charge >= 0.3 is 0 Å². The summed E-state index contributed by atoms with van der Waals surface area (Å²) in [5, 5.41) is 0. The molecule has 1 heterocycles. The Bertz CT molecular complexity index is 1170. The minimum absolute atomic E-state index is 0.0492. The predicted molar refractivity (Wildman–Crippen MR) is 126 cm³/mol. The molecular formula is C29H29F3O. The zero-order valence-corrected chi connectivity index (χ0v) is 19.2. The van der Waals surface area contributed by atoms with Crippen LogP contribution >= 0.6 is 0 Å². The van der Waals surface area contributed by atoms with E-state index in [1.807, 2.05) is 24.3 Å². The number of halogens is 3. The summed E-state index contributed by atoms with van der Waals surface area (Å²) >= 11 is 0. The lowest BCUT2D eigenvalue weighted by atomic mass is 9.77. The van der Waals surface area contributed by atoms with Gasteiger partial charge in [-0.05, 0) is 66.0 Å². The SMILES string of the molecule is CCCCCC1CCC(c2ccc(-c3ccc4c(c3F)-c3c-4cc(C)c(F)c3F)cc2)OC1. The summed E-state index contributed by atoms with van der Waals surface area (Å²) < 4.78 is 50.1. The van der Waals surface area contributed by atoms with E-state index in [9.17, 15) is 8.78 Å². The summed E-state index contributed by atoms with van der Waals surface area (Å²) in [5.74, 6) is -1.72. The maximum atomic E-state index is 15.4. The number of ether oxygens (including phenoxy) is 1. The van der Waals surface area contributed by atoms with Gasteiger partial charge in [0.25, 0.3) is 0 Å². The minimum Gasteiger partial charge on any atom is -0.373 e. The highest BCUT2D eigenvalue weighted by molar-refractivity contribution is 6.04. The molecule has 0 bridgehead atoms. The molecule has 3 aromatic rings. The van der Waals surface area contributed by atoms with Gasteiger partial charge in [-0.3, -0.25) is 0 Å². The average Bonchev–Trinajstić information content (AvgIpc) is 2.82. The maximum Gasteiger partial charge on any atom is 0.167 e. The molecule has 1 aliphatic carbocycles. The normalized spacial score (nSPS) is 19.1. The van der Waals surface area contributed by atoms with Gasteiger partial charge < -0.3 is 4.74 Å². The van der Waals surface area contributed by atoms with Crippen LogP contribution in [0.3, 0.4) is 0 Å². The van der Waals surface area contributed by atoms with Gasteiger partial charge in [0.2, 0.25) is 0 Å². The van der Waals surface area contributed by atoms with E-state index in [1.165, 1.54) is 39.0 Å². The van der Waals surface area contributed by atoms with Crippen LogP contribution in [0, 0.1) is 30.3 Å². The molecule has 0 radical (unpaired) electrons. The molecule has 5 rings (SSSR count). The van der Waals surface area contributed by atoms with Gasteiger partial charge in [0.05, 0.1) is 12.7 Å². The first-order valence-electron chi connectivity index (χ1n) is 12.0. The summed E-state index contributed by atoms with van der Waals surface area (Å²) in [6.45, 7) is 4.55. The van der Waals surface area contributed by atoms with E-state index in [1.54, 1.807) is 18.2 Å². The number of benzene rings is 3. The summed E-state index contributed by atoms with van der Waals surface area (Å²) in [6, 6.07) is 12.9. The number of hydrogen-bond acceptors (Lipinski definition) is 1. The standard InChI is InChI=1S/C29H29F3O/c1-3-4-5-6-18-7-14-24(33-16-18)20-10-8-19(9-11-20)21-12-13-22-23-15-17(2)27(30)29(32)26(23)25(22)28(21)31/h8-13,15,18,24H,3-7,14,16H2,1-2H3. The van der Waals surface area contributed by atoms with Crippen LogP contribution in [0.4, 0.5) is 13.2 Å². The van der Waals surface area contributed by atoms with Gasteiger partial charge in [-0.2, -0.15) is 0 Å². The smallest absolute Gasteiger partial charge is 0.167 e. The molecule has 4 heteroatoms. The van der Waals surface area contributed by atoms with Crippen molar-refractivity contribution in [2.75, 3.05) is 6.61 Å². The highest BCUT2D eigenvalue weighted by Gasteiger charge is 2.33. The number of rotatable bonds is 6. The van der Waals surface area contributed by atoms with Crippen molar-refractivity contribution in [3.05, 3.63) is 71.0 Å². The topological polar surface area (TPSA) is 9.23 Å². The predicted octanol–water partition coefficient (Wildman–Crippen LogP) is 8.77. The first-order valence-corrected chi connectivity index (χ1v) is 12.0. The minimum atomic E-state index is -0.966. The van der Waals surface area contributed by atoms with E-state index in [0.717, 1.165) is 18.6 Å². The summed E-state index contributed by atoms with van der Waals surface area (Å²) in [6.07, 6.45) is 7.30. The van der Waals surface area contributed by atoms with E-state index < -0.39 is 17.5 Å². The lowest BCUT2D eigenvalue weighted by molar-refractivity contribution is -0.0198. The van der Waals surface area contributed by atoms with Crippen LogP contribution in [-0.4, -0.2) is 6.61 Å². The molecule has 0 saturated carbocycles. The van der Waals surface area contributed by atoms with Crippen LogP contribution in [0.5, 0.6) is 0 Å². The zero-order chi connectivity index (χ0) is 23.1. The van der Waals surface area contributed by atoms with Gasteiger partial charge in [0.15, 0.2) is 11.6 Å². The van der Waals surface area contributed by atoms with Gasteiger partial charge in [-0.15, -0.1) is 0 Å². The molecule has 2 unspecified atom stereocenters. The maximum absolute atomic E-state index is 15.4. The van der Waals surface area contributed by atoms with Gasteiger partial charge in [0, 0.05) is 16.7 Å². The molecule has 0 N–H and O–H groups in total. The molecule has 172 valence electrons. The monoisotopic (exact) mass is 450 g/mol. The third kappa shape index (κ3) is 3.89. The molecule has 0 amide bonds. The summed E-state index contributed by atoms with van der Waals surface area (Å²) in [5.41, 5.74) is 3.87. The number of unbranched alkanes of at least 4 members (excludes halogenated alkanes) is 2. The third-order valence-corrected chi connectivity index (χ3v) is 7.25. The Balaban J connectivity index is 1.33. The van der Waals surface area contributed by atoms with Crippen LogP contribution in [-0.2, 0) is 4.74 Å². The number of fused-ring (bicyclic) bond motifs is 4. The molecule has 33 heavy (non-hydrogen) atoms. The Hall–Kier alpha value is -2.59. The summed E-state index contributed by atoms with van der Waals surface area (Å²) in [4.78, 5) is 0. The Morgan fingerprint density at radius 1 is 0.818 bits per heavy atom. The lowest BCUT2D eigenvalue weighted by Gasteiger charge is -2.29. The molecule has 1 saturated heterocycles. The average molecular weight is 451 g/mol. The van der Waals surface area contributed by atoms with Crippen LogP contribution in [0.25, 0.3) is 33.4 Å². The van der Waals surface area contributed by atoms with Crippen molar-refractivity contribution >= 4 is 0 Å². The zero-order valence-electron chi connectivity index (χ0n) is 19.2. The van der Waals surface area contributed by atoms with Crippen LogP contribution in [0.2, 0.25) is 0 Å². The van der Waals surface area contributed by atoms with Gasteiger partial charge in [-0.25, -0.2) is 13.2 Å². The van der Waals surface area contributed by atoms with Crippen molar-refractivity contribution in [3.8, 4) is 33.4 Å². The molecule has 2 aliphatic rings. The van der Waals surface area contributed by atoms with Crippen molar-refractivity contribution in [3.63, 3.8) is 0 Å². The molecule has 1 aliphatic heterocycles. The Kier molecular flexibility index (Phi) is 6.05. The highest BCUT2D eigenvalue weighted by Crippen LogP contribution is 2.52. The second kappa shape index (κ2) is 8.98. The van der Waals surface area contributed by atoms with Crippen molar-refractivity contribution in [1.29, 1.82) is 0 Å². The molecule has 2 atom stereocenters. The highest BCUT2D eigenvalue weighted by atomic mass is 19.2. The van der Waals surface area contributed by atoms with E-state index in [2.05, 4.69) is 6.92 Å². The fourth-order valence-electron chi connectivity index (χ4n) is 5.27. The van der Waals surface area contributed by atoms with Crippen molar-refractivity contribution in [2.45, 2.75) is 58.5 Å². The fraction of sp³-hybridized carbons (Fsp3) is 0.379. The van der Waals surface area contributed by atoms with Crippen LogP contribution in [0.15, 0.2) is 42.5 Å². The summed E-state index contributed by atoms with van der Waals surface area (Å²) in [7, 11) is 0. The Labute approximate surface area is 193 Å². The van der Waals surface area contributed by atoms with Gasteiger partial charge in [0.1, 0.15) is 5.82 Å². The van der Waals surface area contributed by atoms with E-state index in [-0.39, 0.29) is 22.8 Å². The van der Waals surface area contributed by atoms with E-state index in [4.69, 9.17) is 4.74 Å². The first-order chi connectivity index (χ1) is 16.0. The van der Waals surface area contributed by atoms with Crippen LogP contribution < -0.4 is 0 Å². The number of aryl methyl sites for hydroxylation is 1. The lowest BCUT2D eigenvalue weighted by Crippen LogP contribution is -2.20. The van der Waals surface area contributed by atoms with Gasteiger partial charge in [-0.1, -0.05) is 62.6 Å². The van der Waals surface area contributed by atoms with E-state index in [0.29, 0.717) is 28.2 Å². The van der Waals surface area contributed by atoms with Crippen molar-refractivity contribution in [1.82, 2.24) is 0 Å². The molecular weight excluding hydrogens is 421 g/mol. The van der Waals surface area contributed by atoms with E-state index >= 15 is 4.39 Å². The quantitative estimate of drug-likeness (QED) is 0.267. The van der Waals surface area contributed by atoms with Crippen molar-refractivity contribution < 1.29 is 17.9 Å². The molecule has 0 spiro atoms. The Morgan fingerprint density at radius 2 is 1.55 bits per heavy atom. The third-order valence-electron chi connectivity index (χ3n) is 7.25. The molecule has 0 aromatic heterocycles. The van der Waals surface area contributed by atoms with Crippen LogP contribution in [0.1, 0.15) is 62.7 Å². The fourth-order valence-corrected chi connectivity index (χ4v) is 5.27. The molecule has 1 fully saturated rings. The second-order valence-corrected chi connectivity index (χ2v) is 9.48. The molecule has 1 nitrogen and oxygen atoms in total.